The number of hydrogen-bond donors (Lipinski definition) is 0. The summed E-state index contributed by atoms with van der Waals surface area (Å²) >= 11 is 4.94. The monoisotopic (exact) mass is 240 g/mol. The summed E-state index contributed by atoms with van der Waals surface area (Å²) in [7, 11) is 0. The van der Waals surface area contributed by atoms with Crippen LogP contribution in [0, 0.1) is 11.6 Å². The van der Waals surface area contributed by atoms with E-state index >= 15 is 0 Å². The molecule has 0 aliphatic carbocycles. The Morgan fingerprint density at radius 3 is 2.40 bits per heavy atom. The van der Waals surface area contributed by atoms with Crippen LogP contribution in [0.1, 0.15) is 5.56 Å². The molecule has 0 bridgehead atoms. The molecule has 0 spiro atoms. The maximum atomic E-state index is 13.1. The second kappa shape index (κ2) is 4.18. The number of benzene rings is 1. The molecule has 0 saturated heterocycles. The average molecular weight is 241 g/mol. The van der Waals surface area contributed by atoms with Crippen molar-refractivity contribution in [2.75, 3.05) is 5.88 Å². The maximum Gasteiger partial charge on any atom is 0.334 e. The van der Waals surface area contributed by atoms with E-state index in [1.54, 1.807) is 0 Å². The number of hydrogen-bond acceptors (Lipinski definition) is 1. The summed E-state index contributed by atoms with van der Waals surface area (Å²) in [6.45, 7) is 0. The molecule has 6 heteroatoms. The second-order valence-electron chi connectivity index (χ2n) is 2.76. The number of Topliss-reactive ketones (excluding diaryl/α,β-unsaturated/α-hetero) is 1. The van der Waals surface area contributed by atoms with Gasteiger partial charge in [0.05, 0.1) is 11.4 Å². The Morgan fingerprint density at radius 2 is 1.93 bits per heavy atom. The third kappa shape index (κ3) is 2.28. The molecule has 1 nitrogen and oxygen atoms in total. The Morgan fingerprint density at radius 1 is 1.33 bits per heavy atom. The van der Waals surface area contributed by atoms with Gasteiger partial charge in [0.15, 0.2) is 0 Å². The van der Waals surface area contributed by atoms with Gasteiger partial charge >= 0.3 is 5.92 Å². The molecule has 0 atom stereocenters. The van der Waals surface area contributed by atoms with Crippen LogP contribution in [-0.2, 0) is 10.7 Å². The first-order chi connectivity index (χ1) is 6.89. The van der Waals surface area contributed by atoms with Crippen molar-refractivity contribution in [1.82, 2.24) is 0 Å². The van der Waals surface area contributed by atoms with E-state index in [-0.39, 0.29) is 6.07 Å². The fraction of sp³-hybridized carbons (Fsp3) is 0.222. The topological polar surface area (TPSA) is 17.1 Å². The zero-order valence-corrected chi connectivity index (χ0v) is 7.99. The third-order valence-electron chi connectivity index (χ3n) is 1.74. The van der Waals surface area contributed by atoms with Crippen molar-refractivity contribution in [3.8, 4) is 0 Å². The van der Waals surface area contributed by atoms with Crippen molar-refractivity contribution in [3.05, 3.63) is 35.4 Å². The third-order valence-corrected chi connectivity index (χ3v) is 1.98. The van der Waals surface area contributed by atoms with E-state index < -0.39 is 34.8 Å². The van der Waals surface area contributed by atoms with Crippen molar-refractivity contribution in [2.24, 2.45) is 0 Å². The van der Waals surface area contributed by atoms with Crippen LogP contribution in [0.2, 0.25) is 0 Å². The lowest BCUT2D eigenvalue weighted by atomic mass is 10.0. The first-order valence-corrected chi connectivity index (χ1v) is 4.35. The molecular weight excluding hydrogens is 236 g/mol. The SMILES string of the molecule is O=C(CCl)C(F)(F)c1ccc(F)cc1F. The van der Waals surface area contributed by atoms with Gasteiger partial charge in [0.2, 0.25) is 5.78 Å². The fourth-order valence-electron chi connectivity index (χ4n) is 0.978. The van der Waals surface area contributed by atoms with Gasteiger partial charge in [-0.15, -0.1) is 11.6 Å². The van der Waals surface area contributed by atoms with Crippen LogP contribution >= 0.6 is 11.6 Å². The molecule has 0 heterocycles. The van der Waals surface area contributed by atoms with Gasteiger partial charge in [-0.05, 0) is 12.1 Å². The minimum Gasteiger partial charge on any atom is -0.291 e. The minimum atomic E-state index is -4.03. The lowest BCUT2D eigenvalue weighted by molar-refractivity contribution is -0.142. The van der Waals surface area contributed by atoms with Crippen LogP contribution in [0.5, 0.6) is 0 Å². The average Bonchev–Trinajstić information content (AvgIpc) is 2.15. The fourth-order valence-corrected chi connectivity index (χ4v) is 1.15. The van der Waals surface area contributed by atoms with E-state index in [0.29, 0.717) is 12.1 Å². The molecule has 0 aromatic heterocycles. The van der Waals surface area contributed by atoms with E-state index in [2.05, 4.69) is 0 Å². The summed E-state index contributed by atoms with van der Waals surface area (Å²) in [5.74, 6) is -9.07. The Balaban J connectivity index is 3.21. The largest absolute Gasteiger partial charge is 0.334 e. The Bertz CT molecular complexity index is 392. The molecule has 0 saturated carbocycles. The number of carbonyl (C=O) groups is 1. The molecule has 0 radical (unpaired) electrons. The van der Waals surface area contributed by atoms with Crippen LogP contribution in [0.3, 0.4) is 0 Å². The van der Waals surface area contributed by atoms with Gasteiger partial charge in [-0.2, -0.15) is 8.78 Å². The van der Waals surface area contributed by atoms with E-state index in [1.807, 2.05) is 0 Å². The molecule has 0 aliphatic rings. The highest BCUT2D eigenvalue weighted by atomic mass is 35.5. The maximum absolute atomic E-state index is 13.1. The number of carbonyl (C=O) groups excluding carboxylic acids is 1. The quantitative estimate of drug-likeness (QED) is 0.587. The van der Waals surface area contributed by atoms with Crippen LogP contribution in [0.4, 0.5) is 17.6 Å². The van der Waals surface area contributed by atoms with Crippen molar-refractivity contribution < 1.29 is 22.4 Å². The zero-order chi connectivity index (χ0) is 11.6. The van der Waals surface area contributed by atoms with E-state index in [9.17, 15) is 22.4 Å². The number of rotatable bonds is 3. The predicted molar refractivity (Wildman–Crippen MR) is 46.0 cm³/mol. The summed E-state index contributed by atoms with van der Waals surface area (Å²) in [5.41, 5.74) is -1.17. The standard InChI is InChI=1S/C9H5ClF4O/c10-4-8(15)9(13,14)6-2-1-5(11)3-7(6)12/h1-3H,4H2. The van der Waals surface area contributed by atoms with E-state index in [4.69, 9.17) is 11.6 Å². The Kier molecular flexibility index (Phi) is 3.34. The highest BCUT2D eigenvalue weighted by molar-refractivity contribution is 6.28. The van der Waals surface area contributed by atoms with Crippen LogP contribution < -0.4 is 0 Å². The minimum absolute atomic E-state index is 0.282. The predicted octanol–water partition coefficient (Wildman–Crippen LogP) is 2.86. The summed E-state index contributed by atoms with van der Waals surface area (Å²) in [5, 5.41) is 0. The number of halogens is 5. The summed E-state index contributed by atoms with van der Waals surface area (Å²) in [6, 6.07) is 1.45. The van der Waals surface area contributed by atoms with Crippen molar-refractivity contribution in [3.63, 3.8) is 0 Å². The smallest absolute Gasteiger partial charge is 0.291 e. The summed E-state index contributed by atoms with van der Waals surface area (Å²) < 4.78 is 51.6. The van der Waals surface area contributed by atoms with E-state index in [1.165, 1.54) is 0 Å². The lowest BCUT2D eigenvalue weighted by Gasteiger charge is -2.14. The summed E-state index contributed by atoms with van der Waals surface area (Å²) in [6.07, 6.45) is 0. The van der Waals surface area contributed by atoms with Gasteiger partial charge < -0.3 is 0 Å². The van der Waals surface area contributed by atoms with Crippen LogP contribution in [0.15, 0.2) is 18.2 Å². The zero-order valence-electron chi connectivity index (χ0n) is 7.24. The van der Waals surface area contributed by atoms with Crippen LogP contribution in [-0.4, -0.2) is 11.7 Å². The van der Waals surface area contributed by atoms with Crippen molar-refractivity contribution in [1.29, 1.82) is 0 Å². The van der Waals surface area contributed by atoms with Gasteiger partial charge in [-0.25, -0.2) is 8.78 Å². The molecular formula is C9H5ClF4O. The molecule has 15 heavy (non-hydrogen) atoms. The highest BCUT2D eigenvalue weighted by Crippen LogP contribution is 2.31. The van der Waals surface area contributed by atoms with Gasteiger partial charge in [-0.1, -0.05) is 0 Å². The lowest BCUT2D eigenvalue weighted by Crippen LogP contribution is -2.28. The molecule has 1 aromatic carbocycles. The Labute approximate surface area is 87.7 Å². The van der Waals surface area contributed by atoms with Crippen molar-refractivity contribution >= 4 is 17.4 Å². The van der Waals surface area contributed by atoms with Gasteiger partial charge in [0.1, 0.15) is 11.6 Å². The molecule has 0 unspecified atom stereocenters. The first-order valence-electron chi connectivity index (χ1n) is 3.82. The van der Waals surface area contributed by atoms with Gasteiger partial charge in [-0.3, -0.25) is 4.79 Å². The van der Waals surface area contributed by atoms with Crippen molar-refractivity contribution in [2.45, 2.75) is 5.92 Å². The molecule has 0 aliphatic heterocycles. The molecule has 0 fully saturated rings. The first kappa shape index (κ1) is 12.0. The normalized spacial score (nSPS) is 11.5. The second-order valence-corrected chi connectivity index (χ2v) is 3.02. The number of alkyl halides is 3. The Hall–Kier alpha value is -1.10. The van der Waals surface area contributed by atoms with Gasteiger partial charge in [0, 0.05) is 6.07 Å². The molecule has 82 valence electrons. The summed E-state index contributed by atoms with van der Waals surface area (Å²) in [4.78, 5) is 10.7. The number of ketones is 1. The van der Waals surface area contributed by atoms with Crippen LogP contribution in [0.25, 0.3) is 0 Å². The highest BCUT2D eigenvalue weighted by Gasteiger charge is 2.42. The molecule has 0 N–H and O–H groups in total. The molecule has 1 aromatic rings. The molecule has 0 amide bonds. The van der Waals surface area contributed by atoms with Gasteiger partial charge in [0.25, 0.3) is 0 Å². The van der Waals surface area contributed by atoms with E-state index in [0.717, 1.165) is 0 Å². The molecule has 1 rings (SSSR count).